The molecule has 124 valence electrons. The Morgan fingerprint density at radius 3 is 2.73 bits per heavy atom. The van der Waals surface area contributed by atoms with Crippen LogP contribution in [-0.4, -0.2) is 21.6 Å². The quantitative estimate of drug-likeness (QED) is 0.794. The number of benzene rings is 1. The summed E-state index contributed by atoms with van der Waals surface area (Å²) in [6, 6.07) is 13.1. The van der Waals surface area contributed by atoms with E-state index in [9.17, 15) is 4.79 Å². The van der Waals surface area contributed by atoms with Gasteiger partial charge in [-0.25, -0.2) is 0 Å². The van der Waals surface area contributed by atoms with E-state index in [4.69, 9.17) is 5.26 Å². The molecule has 2 aromatic heterocycles. The molecule has 0 spiro atoms. The number of anilines is 1. The Balaban J connectivity index is 1.61. The number of hydrogen-bond donors (Lipinski definition) is 1. The fraction of sp³-hybridized carbons (Fsp3) is 0.0500. The molecule has 0 radical (unpaired) electrons. The Kier molecular flexibility index (Phi) is 3.96. The van der Waals surface area contributed by atoms with Gasteiger partial charge in [-0.3, -0.25) is 19.8 Å². The van der Waals surface area contributed by atoms with Crippen molar-refractivity contribution in [2.75, 3.05) is 5.32 Å². The third kappa shape index (κ3) is 2.94. The minimum absolute atomic E-state index is 0.310. The molecular formula is C20H13N5O. The summed E-state index contributed by atoms with van der Waals surface area (Å²) in [5, 5.41) is 11.8. The highest BCUT2D eigenvalue weighted by Crippen LogP contribution is 2.26. The third-order valence-corrected chi connectivity index (χ3v) is 4.11. The second-order valence-electron chi connectivity index (χ2n) is 5.80. The largest absolute Gasteiger partial charge is 0.322 e. The Bertz CT molecular complexity index is 1070. The zero-order valence-electron chi connectivity index (χ0n) is 13.7. The van der Waals surface area contributed by atoms with Crippen LogP contribution in [0.1, 0.15) is 32.6 Å². The first-order chi connectivity index (χ1) is 12.7. The predicted molar refractivity (Wildman–Crippen MR) is 96.9 cm³/mol. The van der Waals surface area contributed by atoms with E-state index in [0.29, 0.717) is 23.4 Å². The van der Waals surface area contributed by atoms with Gasteiger partial charge in [-0.2, -0.15) is 5.26 Å². The van der Waals surface area contributed by atoms with Crippen LogP contribution in [0, 0.1) is 11.3 Å². The lowest BCUT2D eigenvalue weighted by molar-refractivity contribution is 0.102. The van der Waals surface area contributed by atoms with E-state index in [1.807, 2.05) is 36.4 Å². The van der Waals surface area contributed by atoms with Gasteiger partial charge < -0.3 is 5.32 Å². The number of rotatable bonds is 3. The highest BCUT2D eigenvalue weighted by atomic mass is 16.1. The van der Waals surface area contributed by atoms with Crippen molar-refractivity contribution >= 4 is 17.3 Å². The topological polar surface area (TPSA) is 91.0 Å². The summed E-state index contributed by atoms with van der Waals surface area (Å²) in [5.74, 6) is -0.310. The normalized spacial score (nSPS) is 12.0. The Morgan fingerprint density at radius 1 is 1.08 bits per heavy atom. The molecule has 3 aromatic rings. The van der Waals surface area contributed by atoms with Crippen LogP contribution in [0.25, 0.3) is 0 Å². The van der Waals surface area contributed by atoms with Crippen LogP contribution in [0.4, 0.5) is 5.69 Å². The Labute approximate surface area is 149 Å². The molecule has 0 aliphatic carbocycles. The molecule has 0 saturated heterocycles. The monoisotopic (exact) mass is 339 g/mol. The molecule has 26 heavy (non-hydrogen) atoms. The zero-order valence-corrected chi connectivity index (χ0v) is 13.7. The summed E-state index contributed by atoms with van der Waals surface area (Å²) in [6.07, 6.45) is 6.32. The van der Waals surface area contributed by atoms with Crippen LogP contribution in [0.15, 0.2) is 66.2 Å². The molecule has 1 N–H and O–H groups in total. The SMILES string of the molecule is N#Cc1cncc(C(=O)Nc2ccc3c(c2)C(c2ccncc2)=NC3)c1. The van der Waals surface area contributed by atoms with Gasteiger partial charge in [0.15, 0.2) is 0 Å². The number of aromatic nitrogens is 2. The van der Waals surface area contributed by atoms with Crippen molar-refractivity contribution in [2.45, 2.75) is 6.54 Å². The van der Waals surface area contributed by atoms with Gasteiger partial charge in [-0.05, 0) is 35.9 Å². The van der Waals surface area contributed by atoms with Gasteiger partial charge in [0.1, 0.15) is 6.07 Å². The molecule has 1 aromatic carbocycles. The number of nitriles is 1. The molecule has 0 bridgehead atoms. The number of amides is 1. The van der Waals surface area contributed by atoms with Crippen LogP contribution in [-0.2, 0) is 6.54 Å². The molecule has 4 rings (SSSR count). The average Bonchev–Trinajstić information content (AvgIpc) is 3.12. The van der Waals surface area contributed by atoms with Gasteiger partial charge in [0.2, 0.25) is 0 Å². The van der Waals surface area contributed by atoms with Crippen LogP contribution in [0.5, 0.6) is 0 Å². The third-order valence-electron chi connectivity index (χ3n) is 4.11. The predicted octanol–water partition coefficient (Wildman–Crippen LogP) is 2.95. The van der Waals surface area contributed by atoms with Crippen molar-refractivity contribution in [1.29, 1.82) is 5.26 Å². The molecule has 1 aliphatic heterocycles. The van der Waals surface area contributed by atoms with Crippen molar-refractivity contribution in [1.82, 2.24) is 9.97 Å². The van der Waals surface area contributed by atoms with E-state index in [-0.39, 0.29) is 5.91 Å². The zero-order chi connectivity index (χ0) is 17.9. The smallest absolute Gasteiger partial charge is 0.257 e. The van der Waals surface area contributed by atoms with Gasteiger partial charge in [-0.1, -0.05) is 6.07 Å². The highest BCUT2D eigenvalue weighted by Gasteiger charge is 2.18. The maximum absolute atomic E-state index is 12.4. The number of carbonyl (C=O) groups excluding carboxylic acids is 1. The number of nitrogens with one attached hydrogen (secondary N) is 1. The lowest BCUT2D eigenvalue weighted by atomic mass is 10.00. The fourth-order valence-electron chi connectivity index (χ4n) is 2.85. The molecule has 0 atom stereocenters. The van der Waals surface area contributed by atoms with E-state index in [0.717, 1.165) is 22.4 Å². The molecule has 6 nitrogen and oxygen atoms in total. The van der Waals surface area contributed by atoms with Gasteiger partial charge in [0, 0.05) is 41.6 Å². The number of carbonyl (C=O) groups is 1. The first-order valence-corrected chi connectivity index (χ1v) is 7.99. The summed E-state index contributed by atoms with van der Waals surface area (Å²) < 4.78 is 0. The van der Waals surface area contributed by atoms with E-state index in [2.05, 4.69) is 20.3 Å². The second-order valence-corrected chi connectivity index (χ2v) is 5.80. The minimum atomic E-state index is -0.310. The highest BCUT2D eigenvalue weighted by molar-refractivity contribution is 6.16. The standard InChI is InChI=1S/C20H13N5O/c21-9-13-7-16(11-23-10-13)20(26)25-17-2-1-15-12-24-19(18(15)8-17)14-3-5-22-6-4-14/h1-8,10-11H,12H2,(H,25,26). The van der Waals surface area contributed by atoms with Crippen molar-refractivity contribution in [3.05, 3.63) is 89.0 Å². The molecule has 0 unspecified atom stereocenters. The summed E-state index contributed by atoms with van der Waals surface area (Å²) in [7, 11) is 0. The summed E-state index contributed by atoms with van der Waals surface area (Å²) in [4.78, 5) is 25.0. The number of pyridine rings is 2. The summed E-state index contributed by atoms with van der Waals surface area (Å²) >= 11 is 0. The minimum Gasteiger partial charge on any atom is -0.322 e. The number of fused-ring (bicyclic) bond motifs is 1. The van der Waals surface area contributed by atoms with Crippen molar-refractivity contribution < 1.29 is 4.79 Å². The van der Waals surface area contributed by atoms with Crippen LogP contribution < -0.4 is 5.32 Å². The molecular weight excluding hydrogens is 326 g/mol. The fourth-order valence-corrected chi connectivity index (χ4v) is 2.85. The number of aliphatic imine (C=N–C) groups is 1. The number of hydrogen-bond acceptors (Lipinski definition) is 5. The van der Waals surface area contributed by atoms with Crippen LogP contribution in [0.2, 0.25) is 0 Å². The molecule has 1 amide bonds. The Hall–Kier alpha value is -3.85. The van der Waals surface area contributed by atoms with Gasteiger partial charge in [-0.15, -0.1) is 0 Å². The molecule has 6 heteroatoms. The van der Waals surface area contributed by atoms with Crippen molar-refractivity contribution in [3.8, 4) is 6.07 Å². The van der Waals surface area contributed by atoms with E-state index >= 15 is 0 Å². The first-order valence-electron chi connectivity index (χ1n) is 7.99. The van der Waals surface area contributed by atoms with Crippen molar-refractivity contribution in [3.63, 3.8) is 0 Å². The average molecular weight is 339 g/mol. The van der Waals surface area contributed by atoms with Crippen LogP contribution in [0.3, 0.4) is 0 Å². The van der Waals surface area contributed by atoms with Gasteiger partial charge >= 0.3 is 0 Å². The lowest BCUT2D eigenvalue weighted by Gasteiger charge is -2.09. The second kappa shape index (κ2) is 6.57. The van der Waals surface area contributed by atoms with E-state index in [1.54, 1.807) is 12.4 Å². The molecule has 1 aliphatic rings. The van der Waals surface area contributed by atoms with Gasteiger partial charge in [0.25, 0.3) is 5.91 Å². The maximum atomic E-state index is 12.4. The van der Waals surface area contributed by atoms with Crippen LogP contribution >= 0.6 is 0 Å². The first kappa shape index (κ1) is 15.7. The summed E-state index contributed by atoms with van der Waals surface area (Å²) in [6.45, 7) is 0.620. The van der Waals surface area contributed by atoms with Crippen molar-refractivity contribution in [2.24, 2.45) is 4.99 Å². The van der Waals surface area contributed by atoms with E-state index < -0.39 is 0 Å². The molecule has 3 heterocycles. The van der Waals surface area contributed by atoms with E-state index in [1.165, 1.54) is 18.5 Å². The lowest BCUT2D eigenvalue weighted by Crippen LogP contribution is -2.13. The molecule has 0 saturated carbocycles. The maximum Gasteiger partial charge on any atom is 0.257 e. The summed E-state index contributed by atoms with van der Waals surface area (Å²) in [5.41, 5.74) is 5.35. The number of nitrogens with zero attached hydrogens (tertiary/aromatic N) is 4. The van der Waals surface area contributed by atoms with Gasteiger partial charge in [0.05, 0.1) is 23.4 Å². The molecule has 0 fully saturated rings. The Morgan fingerprint density at radius 2 is 1.92 bits per heavy atom.